The van der Waals surface area contributed by atoms with Gasteiger partial charge in [0.2, 0.25) is 0 Å². The Bertz CT molecular complexity index is 1100. The number of hydrogen-bond donors (Lipinski definition) is 1. The molecule has 0 spiro atoms. The van der Waals surface area contributed by atoms with E-state index in [1.807, 2.05) is 12.1 Å². The van der Waals surface area contributed by atoms with Gasteiger partial charge in [-0.2, -0.15) is 0 Å². The maximum absolute atomic E-state index is 11.7. The van der Waals surface area contributed by atoms with Gasteiger partial charge in [-0.15, -0.1) is 0 Å². The first-order valence-electron chi connectivity index (χ1n) is 11.2. The number of carbonyl (C=O) groups excluding carboxylic acids is 2. The number of rotatable bonds is 14. The molecule has 0 bridgehead atoms. The molecule has 36 heavy (non-hydrogen) atoms. The summed E-state index contributed by atoms with van der Waals surface area (Å²) in [5.74, 6) is 0.409. The van der Waals surface area contributed by atoms with Crippen LogP contribution in [0.1, 0.15) is 20.8 Å². The molecule has 0 aliphatic carbocycles. The fourth-order valence-corrected chi connectivity index (χ4v) is 2.69. The normalized spacial score (nSPS) is 11.2. The lowest BCUT2D eigenvalue weighted by Crippen LogP contribution is -2.17. The van der Waals surface area contributed by atoms with Crippen LogP contribution in [0.2, 0.25) is 0 Å². The van der Waals surface area contributed by atoms with Crippen molar-refractivity contribution in [3.63, 3.8) is 0 Å². The number of aliphatic hydroxyl groups is 1. The van der Waals surface area contributed by atoms with Crippen LogP contribution in [0.3, 0.4) is 0 Å². The van der Waals surface area contributed by atoms with E-state index in [2.05, 4.69) is 19.7 Å². The van der Waals surface area contributed by atoms with Crippen molar-refractivity contribution in [2.24, 2.45) is 0 Å². The van der Waals surface area contributed by atoms with E-state index >= 15 is 0 Å². The van der Waals surface area contributed by atoms with Crippen molar-refractivity contribution in [2.75, 3.05) is 26.4 Å². The number of benzene rings is 2. The van der Waals surface area contributed by atoms with Gasteiger partial charge in [0.15, 0.2) is 6.29 Å². The van der Waals surface area contributed by atoms with Crippen molar-refractivity contribution in [1.82, 2.24) is 0 Å². The molecule has 192 valence electrons. The third-order valence-corrected chi connectivity index (χ3v) is 4.61. The highest BCUT2D eigenvalue weighted by Gasteiger charge is 2.10. The van der Waals surface area contributed by atoms with E-state index in [1.165, 1.54) is 0 Å². The largest absolute Gasteiger partial charge is 0.491 e. The average molecular weight is 497 g/mol. The Hall–Kier alpha value is -3.88. The molecule has 1 atom stereocenters. The fraction of sp³-hybridized carbons (Fsp3) is 0.286. The molecule has 0 aromatic heterocycles. The van der Waals surface area contributed by atoms with Crippen LogP contribution in [0.25, 0.3) is 11.1 Å². The number of carbonyl (C=O) groups is 2. The van der Waals surface area contributed by atoms with Crippen LogP contribution in [0, 0.1) is 0 Å². The van der Waals surface area contributed by atoms with Crippen LogP contribution in [0.15, 0.2) is 78.9 Å². The van der Waals surface area contributed by atoms with E-state index < -0.39 is 18.2 Å². The summed E-state index contributed by atoms with van der Waals surface area (Å²) in [6, 6.07) is 12.3. The molecule has 8 heteroatoms. The van der Waals surface area contributed by atoms with Gasteiger partial charge in [-0.3, -0.25) is 0 Å². The second-order valence-electron chi connectivity index (χ2n) is 8.07. The minimum Gasteiger partial charge on any atom is -0.491 e. The second kappa shape index (κ2) is 13.9. The summed E-state index contributed by atoms with van der Waals surface area (Å²) in [7, 11) is 0. The monoisotopic (exact) mass is 496 g/mol. The van der Waals surface area contributed by atoms with Crippen LogP contribution >= 0.6 is 0 Å². The molecule has 1 unspecified atom stereocenters. The van der Waals surface area contributed by atoms with Crippen molar-refractivity contribution in [3.05, 3.63) is 78.9 Å². The Morgan fingerprint density at radius 1 is 0.750 bits per heavy atom. The van der Waals surface area contributed by atoms with Crippen LogP contribution < -0.4 is 14.2 Å². The zero-order valence-electron chi connectivity index (χ0n) is 20.9. The minimum atomic E-state index is -1.06. The van der Waals surface area contributed by atoms with Gasteiger partial charge in [-0.05, 0) is 61.7 Å². The van der Waals surface area contributed by atoms with E-state index in [0.717, 1.165) is 11.1 Å². The van der Waals surface area contributed by atoms with Crippen molar-refractivity contribution in [3.8, 4) is 28.4 Å². The van der Waals surface area contributed by atoms with Gasteiger partial charge >= 0.3 is 11.9 Å². The predicted octanol–water partition coefficient (Wildman–Crippen LogP) is 4.62. The molecule has 0 saturated heterocycles. The summed E-state index contributed by atoms with van der Waals surface area (Å²) in [6.45, 7) is 16.1. The van der Waals surface area contributed by atoms with Crippen LogP contribution in [0.4, 0.5) is 0 Å². The van der Waals surface area contributed by atoms with Crippen LogP contribution in [-0.2, 0) is 19.1 Å². The van der Waals surface area contributed by atoms with Gasteiger partial charge in [0.25, 0.3) is 0 Å². The predicted molar refractivity (Wildman–Crippen MR) is 136 cm³/mol. The molecule has 0 fully saturated rings. The van der Waals surface area contributed by atoms with Gasteiger partial charge < -0.3 is 28.8 Å². The highest BCUT2D eigenvalue weighted by Crippen LogP contribution is 2.31. The maximum Gasteiger partial charge on any atom is 0.338 e. The SMILES string of the molecule is C=C(C)C(=O)OCCOc1cc(OCCOC(O)C(=C)C)cc(-c2ccc(OC(=O)C(=C)C)cc2)c1. The van der Waals surface area contributed by atoms with E-state index in [9.17, 15) is 14.7 Å². The summed E-state index contributed by atoms with van der Waals surface area (Å²) in [5.41, 5.74) is 2.71. The van der Waals surface area contributed by atoms with Gasteiger partial charge in [0.05, 0.1) is 6.61 Å². The Morgan fingerprint density at radius 2 is 1.31 bits per heavy atom. The number of ether oxygens (including phenoxy) is 5. The molecule has 0 radical (unpaired) electrons. The highest BCUT2D eigenvalue weighted by atomic mass is 16.6. The zero-order valence-corrected chi connectivity index (χ0v) is 20.9. The van der Waals surface area contributed by atoms with Crippen molar-refractivity contribution in [2.45, 2.75) is 27.1 Å². The molecular formula is C28H32O8. The first-order valence-corrected chi connectivity index (χ1v) is 11.2. The molecule has 0 heterocycles. The summed E-state index contributed by atoms with van der Waals surface area (Å²) in [5, 5.41) is 9.69. The molecule has 2 rings (SSSR count). The molecule has 8 nitrogen and oxygen atoms in total. The van der Waals surface area contributed by atoms with E-state index in [1.54, 1.807) is 51.1 Å². The first-order chi connectivity index (χ1) is 17.1. The topological polar surface area (TPSA) is 101 Å². The first kappa shape index (κ1) is 28.4. The van der Waals surface area contributed by atoms with E-state index in [-0.39, 0.29) is 26.4 Å². The molecular weight excluding hydrogens is 464 g/mol. The lowest BCUT2D eigenvalue weighted by molar-refractivity contribution is -0.139. The van der Waals surface area contributed by atoms with Gasteiger partial charge in [-0.1, -0.05) is 31.9 Å². The molecule has 2 aromatic rings. The minimum absolute atomic E-state index is 0.0571. The van der Waals surface area contributed by atoms with Gasteiger partial charge in [0, 0.05) is 17.2 Å². The molecule has 0 aliphatic rings. The summed E-state index contributed by atoms with van der Waals surface area (Å²) < 4.78 is 27.1. The number of esters is 2. The average Bonchev–Trinajstić information content (AvgIpc) is 2.84. The van der Waals surface area contributed by atoms with E-state index in [0.29, 0.717) is 34.0 Å². The Labute approximate surface area is 211 Å². The third-order valence-electron chi connectivity index (χ3n) is 4.61. The summed E-state index contributed by atoms with van der Waals surface area (Å²) in [4.78, 5) is 23.3. The quantitative estimate of drug-likeness (QED) is 0.101. The van der Waals surface area contributed by atoms with E-state index in [4.69, 9.17) is 23.7 Å². The van der Waals surface area contributed by atoms with Crippen LogP contribution in [0.5, 0.6) is 17.2 Å². The molecule has 0 amide bonds. The third kappa shape index (κ3) is 9.40. The zero-order chi connectivity index (χ0) is 26.7. The van der Waals surface area contributed by atoms with Gasteiger partial charge in [0.1, 0.15) is 37.1 Å². The fourth-order valence-electron chi connectivity index (χ4n) is 2.69. The Kier molecular flexibility index (Phi) is 10.9. The maximum atomic E-state index is 11.7. The molecule has 0 aliphatic heterocycles. The van der Waals surface area contributed by atoms with Crippen molar-refractivity contribution < 1.29 is 38.4 Å². The smallest absolute Gasteiger partial charge is 0.338 e. The standard InChI is InChI=1S/C28H32O8/c1-18(2)26(29)34-13-11-32-24-15-22(16-25(17-24)33-12-14-35-27(30)19(3)4)21-7-9-23(10-8-21)36-28(31)20(5)6/h7-10,15-17,26,29H,1,3,5,11-14H2,2,4,6H3. The Morgan fingerprint density at radius 3 is 1.83 bits per heavy atom. The highest BCUT2D eigenvalue weighted by molar-refractivity contribution is 5.89. The lowest BCUT2D eigenvalue weighted by Gasteiger charge is -2.15. The molecule has 1 N–H and O–H groups in total. The number of hydrogen-bond acceptors (Lipinski definition) is 8. The summed E-state index contributed by atoms with van der Waals surface area (Å²) >= 11 is 0. The molecule has 2 aromatic carbocycles. The van der Waals surface area contributed by atoms with Crippen LogP contribution in [-0.4, -0.2) is 49.8 Å². The Balaban J connectivity index is 2.14. The van der Waals surface area contributed by atoms with Crippen molar-refractivity contribution >= 4 is 11.9 Å². The second-order valence-corrected chi connectivity index (χ2v) is 8.07. The summed E-state index contributed by atoms with van der Waals surface area (Å²) in [6.07, 6.45) is -1.06. The van der Waals surface area contributed by atoms with Crippen molar-refractivity contribution in [1.29, 1.82) is 0 Å². The van der Waals surface area contributed by atoms with Gasteiger partial charge in [-0.25, -0.2) is 9.59 Å². The molecule has 0 saturated carbocycles. The number of aliphatic hydroxyl groups excluding tert-OH is 1. The lowest BCUT2D eigenvalue weighted by atomic mass is 10.0.